The summed E-state index contributed by atoms with van der Waals surface area (Å²) in [6, 6.07) is 45.8. The minimum atomic E-state index is -1.40. The molecule has 0 saturated carbocycles. The summed E-state index contributed by atoms with van der Waals surface area (Å²) < 4.78 is 11.7. The molecular weight excluding hydrogens is 933 g/mol. The van der Waals surface area contributed by atoms with Gasteiger partial charge in [0.05, 0.1) is 0 Å². The fraction of sp³-hybridized carbons (Fsp3) is 0.173. The first kappa shape index (κ1) is 48.0. The molecule has 3 heterocycles. The molecule has 1 unspecified atom stereocenters. The Morgan fingerprint density at radius 2 is 1.35 bits per heavy atom. The Bertz CT molecular complexity index is 2740. The number of nitrogens with one attached hydrogen (secondary N) is 3. The fourth-order valence-corrected chi connectivity index (χ4v) is 10.6. The first-order valence-corrected chi connectivity index (χ1v) is 24.5. The van der Waals surface area contributed by atoms with Gasteiger partial charge in [-0.1, -0.05) is 169 Å². The average molecular weight is 979 g/mol. The summed E-state index contributed by atoms with van der Waals surface area (Å²) in [5.41, 5.74) is 1.14. The number of nitrogens with zero attached hydrogens (tertiary/aromatic N) is 3. The van der Waals surface area contributed by atoms with Crippen molar-refractivity contribution < 1.29 is 38.3 Å². The van der Waals surface area contributed by atoms with Crippen LogP contribution in [0.4, 0.5) is 9.93 Å². The number of benzene rings is 5. The van der Waals surface area contributed by atoms with Crippen LogP contribution in [0.15, 0.2) is 184 Å². The number of rotatable bonds is 17. The number of anilines is 1. The molecule has 2 aliphatic heterocycles. The summed E-state index contributed by atoms with van der Waals surface area (Å²) in [7, 11) is 0. The monoisotopic (exact) mass is 978 g/mol. The lowest BCUT2D eigenvalue weighted by atomic mass is 9.80. The molecule has 2 aliphatic rings. The molecular formula is C52H46N6O8S3. The van der Waals surface area contributed by atoms with Crippen LogP contribution in [-0.4, -0.2) is 68.7 Å². The van der Waals surface area contributed by atoms with Crippen LogP contribution in [0.2, 0.25) is 0 Å². The van der Waals surface area contributed by atoms with Crippen molar-refractivity contribution in [2.24, 2.45) is 5.16 Å². The third-order valence-electron chi connectivity index (χ3n) is 10.7. The number of carbonyl (C=O) groups excluding carboxylic acids is 5. The molecule has 1 saturated heterocycles. The largest absolute Gasteiger partial charge is 0.448 e. The summed E-state index contributed by atoms with van der Waals surface area (Å²) in [5.74, 6) is -1.88. The summed E-state index contributed by atoms with van der Waals surface area (Å²) in [6.45, 7) is 5.20. The highest BCUT2D eigenvalue weighted by Gasteiger charge is 2.55. The quantitative estimate of drug-likeness (QED) is 0.0198. The maximum absolute atomic E-state index is 14.9. The van der Waals surface area contributed by atoms with E-state index in [0.717, 1.165) is 34.2 Å². The van der Waals surface area contributed by atoms with Crippen LogP contribution in [0.1, 0.15) is 60.4 Å². The van der Waals surface area contributed by atoms with Gasteiger partial charge in [-0.05, 0) is 37.3 Å². The van der Waals surface area contributed by atoms with Gasteiger partial charge in [-0.25, -0.2) is 14.6 Å². The van der Waals surface area contributed by atoms with E-state index in [2.05, 4.69) is 26.1 Å². The third kappa shape index (κ3) is 11.0. The van der Waals surface area contributed by atoms with Crippen LogP contribution in [0.3, 0.4) is 0 Å². The number of aromatic nitrogens is 1. The Morgan fingerprint density at radius 1 is 0.812 bits per heavy atom. The predicted molar refractivity (Wildman–Crippen MR) is 268 cm³/mol. The zero-order valence-electron chi connectivity index (χ0n) is 37.5. The Balaban J connectivity index is 1.14. The molecule has 350 valence electrons. The number of fused-ring (bicyclic) bond motifs is 1. The Labute approximate surface area is 411 Å². The number of oxime groups is 1. The molecule has 0 aliphatic carbocycles. The highest BCUT2D eigenvalue weighted by molar-refractivity contribution is 8.08. The molecule has 6 aromatic rings. The van der Waals surface area contributed by atoms with Crippen molar-refractivity contribution in [3.05, 3.63) is 213 Å². The molecule has 0 radical (unpaired) electrons. The topological polar surface area (TPSA) is 178 Å². The van der Waals surface area contributed by atoms with Crippen LogP contribution >= 0.6 is 34.9 Å². The van der Waals surface area contributed by atoms with Crippen LogP contribution < -0.4 is 16.0 Å². The molecule has 2 atom stereocenters. The van der Waals surface area contributed by atoms with Crippen LogP contribution in [0.25, 0.3) is 0 Å². The first-order valence-electron chi connectivity index (χ1n) is 21.7. The number of thioether (sulfide) groups is 2. The normalized spacial score (nSPS) is 16.0. The number of ether oxygens (including phenoxy) is 2. The smallest absolute Gasteiger partial charge is 0.413 e. The van der Waals surface area contributed by atoms with Crippen molar-refractivity contribution in [3.8, 4) is 0 Å². The van der Waals surface area contributed by atoms with Gasteiger partial charge in [-0.2, -0.15) is 0 Å². The van der Waals surface area contributed by atoms with Crippen molar-refractivity contribution in [2.75, 3.05) is 11.1 Å². The van der Waals surface area contributed by atoms with Gasteiger partial charge in [0.1, 0.15) is 28.4 Å². The molecule has 69 heavy (non-hydrogen) atoms. The van der Waals surface area contributed by atoms with Gasteiger partial charge in [0.2, 0.25) is 12.0 Å². The number of β-lactam (4-membered cyclic amide) rings is 1. The lowest BCUT2D eigenvalue weighted by Crippen LogP contribution is -2.71. The van der Waals surface area contributed by atoms with Gasteiger partial charge in [0.25, 0.3) is 11.8 Å². The molecule has 0 spiro atoms. The maximum atomic E-state index is 14.9. The van der Waals surface area contributed by atoms with Crippen LogP contribution in [-0.2, 0) is 39.1 Å². The average Bonchev–Trinajstić information content (AvgIpc) is 3.83. The van der Waals surface area contributed by atoms with E-state index < -0.39 is 52.6 Å². The third-order valence-corrected chi connectivity index (χ3v) is 13.8. The van der Waals surface area contributed by atoms with Crippen molar-refractivity contribution >= 4 is 76.0 Å². The summed E-state index contributed by atoms with van der Waals surface area (Å²) in [5, 5.41) is 15.1. The van der Waals surface area contributed by atoms with Gasteiger partial charge in [0, 0.05) is 38.9 Å². The van der Waals surface area contributed by atoms with E-state index in [1.807, 2.05) is 152 Å². The van der Waals surface area contributed by atoms with Crippen molar-refractivity contribution in [2.45, 2.75) is 49.5 Å². The molecule has 1 fully saturated rings. The van der Waals surface area contributed by atoms with Gasteiger partial charge >= 0.3 is 12.1 Å². The second-order valence-corrected chi connectivity index (χ2v) is 19.4. The van der Waals surface area contributed by atoms with Gasteiger partial charge in [-0.15, -0.1) is 23.1 Å². The van der Waals surface area contributed by atoms with E-state index in [-0.39, 0.29) is 28.0 Å². The molecule has 4 amide bonds. The molecule has 0 bridgehead atoms. The minimum Gasteiger partial charge on any atom is -0.448 e. The highest BCUT2D eigenvalue weighted by atomic mass is 32.2. The van der Waals surface area contributed by atoms with Crippen LogP contribution in [0.5, 0.6) is 0 Å². The van der Waals surface area contributed by atoms with E-state index in [9.17, 15) is 24.0 Å². The maximum Gasteiger partial charge on any atom is 0.413 e. The second kappa shape index (κ2) is 21.7. The van der Waals surface area contributed by atoms with E-state index in [0.29, 0.717) is 28.0 Å². The van der Waals surface area contributed by atoms with Gasteiger partial charge in [0.15, 0.2) is 16.9 Å². The number of hydrogen-bond donors (Lipinski definition) is 3. The number of carbonyl (C=O) groups is 5. The molecule has 1 aromatic heterocycles. The van der Waals surface area contributed by atoms with Crippen molar-refractivity contribution in [3.63, 3.8) is 0 Å². The van der Waals surface area contributed by atoms with E-state index in [1.54, 1.807) is 26.2 Å². The summed E-state index contributed by atoms with van der Waals surface area (Å²) in [4.78, 5) is 80.9. The van der Waals surface area contributed by atoms with Gasteiger partial charge < -0.3 is 24.9 Å². The summed E-state index contributed by atoms with van der Waals surface area (Å²) >= 11 is 3.53. The second-order valence-electron chi connectivity index (χ2n) is 16.4. The number of amides is 4. The lowest BCUT2D eigenvalue weighted by molar-refractivity contribution is -0.154. The van der Waals surface area contributed by atoms with Gasteiger partial charge in [-0.3, -0.25) is 24.6 Å². The number of esters is 1. The molecule has 8 rings (SSSR count). The fourth-order valence-electron chi connectivity index (χ4n) is 7.65. The predicted octanol–water partition coefficient (Wildman–Crippen LogP) is 9.10. The standard InChI is InChI=1S/C52H46N6O8S3/c1-51(2,3)65-50(63)56-49-54-39(31-69-49)41(57-66-52(36-23-13-6-14-24-36,37-25-15-7-16-26-37)38-27-17-8-18-28-38)45(60)55-42-46(61)58-43(40(32-68-47(42)58)67-30-29-53-33-59)48(62)64-44(34-19-9-4-10-20-34)35-21-11-5-12-22-35/h4-31,33,42,44,47H,32H2,1-3H3,(H,53,59)(H,55,60)(H,54,56,63)/b30-29-,57-41-/t42?,47-/m1/s1. The number of hydrogen-bond acceptors (Lipinski definition) is 13. The molecule has 5 aromatic carbocycles. The molecule has 3 N–H and O–H groups in total. The SMILES string of the molecule is CC(C)(C)OC(=O)Nc1nc(/C(=N/OC(c2ccccc2)(c2ccccc2)c2ccccc2)C(=O)NC2C(=O)N3C(C(=O)OC(c4ccccc4)c4ccccc4)=C(S/C=C\NC=O)CS[C@H]23)cs1. The zero-order chi connectivity index (χ0) is 48.4. The Morgan fingerprint density at radius 3 is 1.87 bits per heavy atom. The number of thiazole rings is 1. The molecule has 17 heteroatoms. The van der Waals surface area contributed by atoms with E-state index in [1.165, 1.54) is 28.2 Å². The Hall–Kier alpha value is -7.47. The van der Waals surface area contributed by atoms with E-state index >= 15 is 0 Å². The lowest BCUT2D eigenvalue weighted by Gasteiger charge is -2.49. The van der Waals surface area contributed by atoms with E-state index in [4.69, 9.17) is 14.3 Å². The minimum absolute atomic E-state index is 0.0137. The summed E-state index contributed by atoms with van der Waals surface area (Å²) in [6.07, 6.45) is 0.371. The van der Waals surface area contributed by atoms with Crippen LogP contribution in [0, 0.1) is 0 Å². The Kier molecular flexibility index (Phi) is 15.1. The first-order chi connectivity index (χ1) is 33.5. The van der Waals surface area contributed by atoms with Crippen molar-refractivity contribution in [1.82, 2.24) is 20.5 Å². The zero-order valence-corrected chi connectivity index (χ0v) is 40.0. The highest BCUT2D eigenvalue weighted by Crippen LogP contribution is 2.45. The van der Waals surface area contributed by atoms with Crippen molar-refractivity contribution in [1.29, 1.82) is 0 Å². The molecule has 14 nitrogen and oxygen atoms in total.